The van der Waals surface area contributed by atoms with Crippen molar-refractivity contribution < 1.29 is 9.53 Å². The lowest BCUT2D eigenvalue weighted by Gasteiger charge is -2.15. The molecule has 0 spiro atoms. The van der Waals surface area contributed by atoms with E-state index in [2.05, 4.69) is 39.8 Å². The van der Waals surface area contributed by atoms with Crippen LogP contribution in [-0.4, -0.2) is 12.6 Å². The molecule has 0 fully saturated rings. The molecule has 0 aliphatic heterocycles. The lowest BCUT2D eigenvalue weighted by atomic mass is 9.97. The highest BCUT2D eigenvalue weighted by Gasteiger charge is 2.22. The normalized spacial score (nSPS) is 13.0. The summed E-state index contributed by atoms with van der Waals surface area (Å²) in [6, 6.07) is 0. The van der Waals surface area contributed by atoms with Crippen LogP contribution in [-0.2, 0) is 9.53 Å². The topological polar surface area (TPSA) is 26.3 Å². The molecular weight excluding hydrogens is 272 g/mol. The lowest BCUT2D eigenvalue weighted by molar-refractivity contribution is -0.151. The van der Waals surface area contributed by atoms with Crippen LogP contribution in [0, 0.1) is 5.41 Å². The summed E-state index contributed by atoms with van der Waals surface area (Å²) in [7, 11) is 0. The Hall–Kier alpha value is -1.31. The van der Waals surface area contributed by atoms with Crippen LogP contribution in [0.15, 0.2) is 34.9 Å². The van der Waals surface area contributed by atoms with Crippen molar-refractivity contribution in [2.45, 2.75) is 74.1 Å². The smallest absolute Gasteiger partial charge is 0.311 e. The van der Waals surface area contributed by atoms with Gasteiger partial charge >= 0.3 is 5.97 Å². The summed E-state index contributed by atoms with van der Waals surface area (Å²) in [5, 5.41) is 0. The molecule has 0 unspecified atom stereocenters. The molecule has 126 valence electrons. The van der Waals surface area contributed by atoms with Crippen molar-refractivity contribution in [3.63, 3.8) is 0 Å². The highest BCUT2D eigenvalue weighted by Crippen LogP contribution is 2.15. The molecule has 0 bridgehead atoms. The average molecular weight is 306 g/mol. The van der Waals surface area contributed by atoms with Gasteiger partial charge < -0.3 is 4.74 Å². The second-order valence-electron chi connectivity index (χ2n) is 7.31. The molecule has 0 aromatic carbocycles. The third-order valence-corrected chi connectivity index (χ3v) is 3.38. The minimum Gasteiger partial charge on any atom is -0.461 e. The van der Waals surface area contributed by atoms with Gasteiger partial charge in [-0.15, -0.1) is 0 Å². The third kappa shape index (κ3) is 11.4. The molecule has 0 radical (unpaired) electrons. The van der Waals surface area contributed by atoms with E-state index in [9.17, 15) is 4.79 Å². The molecule has 22 heavy (non-hydrogen) atoms. The molecule has 0 rings (SSSR count). The van der Waals surface area contributed by atoms with Crippen LogP contribution >= 0.6 is 0 Å². The van der Waals surface area contributed by atoms with Crippen LogP contribution < -0.4 is 0 Å². The van der Waals surface area contributed by atoms with Gasteiger partial charge in [-0.3, -0.25) is 4.79 Å². The molecular formula is C20H34O2. The number of rotatable bonds is 8. The predicted molar refractivity (Wildman–Crippen MR) is 95.8 cm³/mol. The summed E-state index contributed by atoms with van der Waals surface area (Å²) in [4.78, 5) is 11.6. The molecule has 2 nitrogen and oxygen atoms in total. The van der Waals surface area contributed by atoms with Gasteiger partial charge in [-0.2, -0.15) is 0 Å². The summed E-state index contributed by atoms with van der Waals surface area (Å²) >= 11 is 0. The average Bonchev–Trinajstić information content (AvgIpc) is 2.37. The Labute approximate surface area is 137 Å². The molecule has 0 atom stereocenters. The first kappa shape index (κ1) is 20.7. The van der Waals surface area contributed by atoms with Gasteiger partial charge in [-0.25, -0.2) is 0 Å². The van der Waals surface area contributed by atoms with Crippen LogP contribution in [0.2, 0.25) is 0 Å². The first-order chi connectivity index (χ1) is 10.1. The van der Waals surface area contributed by atoms with Crippen LogP contribution in [0.5, 0.6) is 0 Å². The van der Waals surface area contributed by atoms with Crippen LogP contribution in [0.1, 0.15) is 74.1 Å². The highest BCUT2D eigenvalue weighted by molar-refractivity contribution is 5.75. The van der Waals surface area contributed by atoms with Gasteiger partial charge in [0.15, 0.2) is 0 Å². The van der Waals surface area contributed by atoms with Crippen molar-refractivity contribution >= 4 is 5.97 Å². The number of carbonyl (C=O) groups excluding carboxylic acids is 1. The van der Waals surface area contributed by atoms with Crippen molar-refractivity contribution in [1.29, 1.82) is 0 Å². The Kier molecular flexibility index (Phi) is 9.80. The maximum Gasteiger partial charge on any atom is 0.311 e. The molecule has 2 heteroatoms. The maximum atomic E-state index is 11.6. The molecule has 0 aromatic rings. The Morgan fingerprint density at radius 2 is 1.36 bits per heavy atom. The van der Waals surface area contributed by atoms with E-state index < -0.39 is 5.41 Å². The Balaban J connectivity index is 4.02. The van der Waals surface area contributed by atoms with Crippen molar-refractivity contribution in [2.75, 3.05) is 6.61 Å². The third-order valence-electron chi connectivity index (χ3n) is 3.38. The first-order valence-corrected chi connectivity index (χ1v) is 8.24. The molecule has 0 amide bonds. The summed E-state index contributed by atoms with van der Waals surface area (Å²) in [6.45, 7) is 14.6. The predicted octanol–water partition coefficient (Wildman–Crippen LogP) is 5.99. The minimum absolute atomic E-state index is 0.147. The molecule has 0 aliphatic rings. The van der Waals surface area contributed by atoms with E-state index in [1.165, 1.54) is 16.7 Å². The number of ether oxygens (including phenoxy) is 1. The zero-order valence-corrected chi connectivity index (χ0v) is 15.6. The second-order valence-corrected chi connectivity index (χ2v) is 7.31. The summed E-state index contributed by atoms with van der Waals surface area (Å²) in [5.41, 5.74) is 3.68. The van der Waals surface area contributed by atoms with E-state index in [1.54, 1.807) is 0 Å². The number of esters is 1. The van der Waals surface area contributed by atoms with Crippen molar-refractivity contribution in [3.8, 4) is 0 Å². The Bertz CT molecular complexity index is 427. The van der Waals surface area contributed by atoms with E-state index in [0.29, 0.717) is 6.61 Å². The summed E-state index contributed by atoms with van der Waals surface area (Å²) in [6.07, 6.45) is 10.9. The highest BCUT2D eigenvalue weighted by atomic mass is 16.5. The van der Waals surface area contributed by atoms with E-state index in [1.807, 2.05) is 26.8 Å². The van der Waals surface area contributed by atoms with Gasteiger partial charge in [-0.05, 0) is 80.2 Å². The fourth-order valence-corrected chi connectivity index (χ4v) is 1.81. The van der Waals surface area contributed by atoms with Crippen molar-refractivity contribution in [3.05, 3.63) is 34.9 Å². The second kappa shape index (κ2) is 10.4. The first-order valence-electron chi connectivity index (χ1n) is 8.24. The van der Waals surface area contributed by atoms with E-state index >= 15 is 0 Å². The van der Waals surface area contributed by atoms with Gasteiger partial charge in [0.1, 0.15) is 6.61 Å². The van der Waals surface area contributed by atoms with Crippen LogP contribution in [0.25, 0.3) is 0 Å². The fourth-order valence-electron chi connectivity index (χ4n) is 1.81. The van der Waals surface area contributed by atoms with Gasteiger partial charge in [0.2, 0.25) is 0 Å². The van der Waals surface area contributed by atoms with Crippen LogP contribution in [0.4, 0.5) is 0 Å². The molecule has 0 saturated carbocycles. The zero-order chi connectivity index (χ0) is 17.2. The van der Waals surface area contributed by atoms with E-state index in [4.69, 9.17) is 4.74 Å². The summed E-state index contributed by atoms with van der Waals surface area (Å²) < 4.78 is 5.24. The molecule has 0 N–H and O–H groups in total. The van der Waals surface area contributed by atoms with E-state index in [0.717, 1.165) is 25.7 Å². The van der Waals surface area contributed by atoms with Gasteiger partial charge in [-0.1, -0.05) is 28.9 Å². The minimum atomic E-state index is -0.424. The summed E-state index contributed by atoms with van der Waals surface area (Å²) in [5.74, 6) is -0.147. The molecule has 0 saturated heterocycles. The van der Waals surface area contributed by atoms with E-state index in [-0.39, 0.29) is 5.97 Å². The quantitative estimate of drug-likeness (QED) is 0.406. The molecule has 0 aromatic heterocycles. The number of hydrogen-bond acceptors (Lipinski definition) is 2. The molecule has 0 heterocycles. The van der Waals surface area contributed by atoms with Gasteiger partial charge in [0.05, 0.1) is 5.41 Å². The number of allylic oxidation sites excluding steroid dienone is 5. The van der Waals surface area contributed by atoms with Crippen molar-refractivity contribution in [1.82, 2.24) is 0 Å². The Morgan fingerprint density at radius 1 is 0.864 bits per heavy atom. The van der Waals surface area contributed by atoms with Gasteiger partial charge in [0.25, 0.3) is 0 Å². The lowest BCUT2D eigenvalue weighted by Crippen LogP contribution is -2.22. The Morgan fingerprint density at radius 3 is 1.86 bits per heavy atom. The number of carbonyl (C=O) groups is 1. The maximum absolute atomic E-state index is 11.6. The van der Waals surface area contributed by atoms with Crippen LogP contribution in [0.3, 0.4) is 0 Å². The largest absolute Gasteiger partial charge is 0.461 e. The standard InChI is InChI=1S/C20H34O2/c1-16(2)10-8-11-17(3)12-9-13-18(4)14-15-22-19(21)20(5,6)7/h10,12,14H,8-9,11,13,15H2,1-7H3. The van der Waals surface area contributed by atoms with Gasteiger partial charge in [0, 0.05) is 0 Å². The van der Waals surface area contributed by atoms with Crippen molar-refractivity contribution in [2.24, 2.45) is 5.41 Å². The zero-order valence-electron chi connectivity index (χ0n) is 15.6. The monoisotopic (exact) mass is 306 g/mol. The molecule has 0 aliphatic carbocycles. The fraction of sp³-hybridized carbons (Fsp3) is 0.650. The SMILES string of the molecule is CC(C)=CCCC(C)=CCCC(C)=CCOC(=O)C(C)(C)C. The number of hydrogen-bond donors (Lipinski definition) is 0.